The van der Waals surface area contributed by atoms with Gasteiger partial charge in [-0.3, -0.25) is 14.5 Å². The predicted octanol–water partition coefficient (Wildman–Crippen LogP) is 2.42. The molecule has 0 atom stereocenters. The minimum Gasteiger partial charge on any atom is -0.297 e. The Kier molecular flexibility index (Phi) is 2.91. The van der Waals surface area contributed by atoms with Crippen molar-refractivity contribution < 1.29 is 9.59 Å². The minimum atomic E-state index is -0.158. The Morgan fingerprint density at radius 2 is 1.95 bits per heavy atom. The lowest BCUT2D eigenvalue weighted by Gasteiger charge is -2.09. The molecule has 1 fully saturated rings. The van der Waals surface area contributed by atoms with Gasteiger partial charge in [-0.15, -0.1) is 11.3 Å². The van der Waals surface area contributed by atoms with Crippen LogP contribution in [0.2, 0.25) is 0 Å². The van der Waals surface area contributed by atoms with Gasteiger partial charge in [0.25, 0.3) is 0 Å². The van der Waals surface area contributed by atoms with Crippen molar-refractivity contribution in [3.63, 3.8) is 0 Å². The number of amides is 1. The topological polar surface area (TPSA) is 50.3 Å². The fourth-order valence-electron chi connectivity index (χ4n) is 2.00. The number of carbonyl (C=O) groups excluding carboxylic acids is 2. The second kappa shape index (κ2) is 4.59. The lowest BCUT2D eigenvalue weighted by Crippen LogP contribution is -2.24. The summed E-state index contributed by atoms with van der Waals surface area (Å²) in [6.07, 6.45) is -0.000551. The van der Waals surface area contributed by atoms with E-state index < -0.39 is 0 Å². The highest BCUT2D eigenvalue weighted by Crippen LogP contribution is 2.29. The number of hydrogen-bond donors (Lipinski definition) is 0. The Morgan fingerprint density at radius 3 is 2.58 bits per heavy atom. The van der Waals surface area contributed by atoms with Crippen molar-refractivity contribution in [2.45, 2.75) is 13.3 Å². The maximum Gasteiger partial charge on any atom is 0.236 e. The van der Waals surface area contributed by atoms with Gasteiger partial charge in [0.1, 0.15) is 0 Å². The number of nitrogens with zero attached hydrogens (tertiary/aromatic N) is 2. The molecule has 0 radical (unpaired) electrons. The third kappa shape index (κ3) is 2.29. The summed E-state index contributed by atoms with van der Waals surface area (Å²) in [4.78, 5) is 28.8. The van der Waals surface area contributed by atoms with Crippen LogP contribution in [-0.2, 0) is 9.59 Å². The van der Waals surface area contributed by atoms with Crippen LogP contribution in [0.15, 0.2) is 29.6 Å². The van der Waals surface area contributed by atoms with Crippen molar-refractivity contribution in [1.82, 2.24) is 4.98 Å². The summed E-state index contributed by atoms with van der Waals surface area (Å²) < 4.78 is 0. The monoisotopic (exact) mass is 272 g/mol. The average Bonchev–Trinajstić information content (AvgIpc) is 2.97. The molecule has 0 unspecified atom stereocenters. The number of hydrogen-bond acceptors (Lipinski definition) is 4. The lowest BCUT2D eigenvalue weighted by atomic mass is 10.1. The number of thiazole rings is 1. The number of Topliss-reactive ketones (excluding diaryl/α,β-unsaturated/α-hetero) is 1. The molecule has 1 aromatic carbocycles. The molecule has 1 aliphatic rings. The molecule has 0 aliphatic carbocycles. The van der Waals surface area contributed by atoms with Crippen LogP contribution in [0.4, 0.5) is 5.13 Å². The van der Waals surface area contributed by atoms with E-state index in [2.05, 4.69) is 4.98 Å². The van der Waals surface area contributed by atoms with Crippen molar-refractivity contribution in [3.8, 4) is 11.3 Å². The zero-order valence-electron chi connectivity index (χ0n) is 10.4. The lowest BCUT2D eigenvalue weighted by molar-refractivity contribution is -0.121. The van der Waals surface area contributed by atoms with Crippen molar-refractivity contribution in [2.24, 2.45) is 0 Å². The third-order valence-electron chi connectivity index (χ3n) is 3.05. The van der Waals surface area contributed by atoms with Crippen LogP contribution < -0.4 is 4.90 Å². The van der Waals surface area contributed by atoms with E-state index in [1.165, 1.54) is 21.8 Å². The molecular weight excluding hydrogens is 260 g/mol. The molecule has 1 amide bonds. The molecule has 5 heteroatoms. The summed E-state index contributed by atoms with van der Waals surface area (Å²) in [6.45, 7) is 2.18. The number of rotatable bonds is 2. The number of aryl methyl sites for hydroxylation is 1. The first-order valence-electron chi connectivity index (χ1n) is 5.98. The SMILES string of the molecule is Cc1ccc(-c2csc(N3CC(=O)CC3=O)n2)cc1. The van der Waals surface area contributed by atoms with Crippen LogP contribution in [0, 0.1) is 6.92 Å². The molecule has 2 heterocycles. The first kappa shape index (κ1) is 12.0. The molecule has 19 heavy (non-hydrogen) atoms. The van der Waals surface area contributed by atoms with Crippen molar-refractivity contribution in [3.05, 3.63) is 35.2 Å². The summed E-state index contributed by atoms with van der Waals surface area (Å²) >= 11 is 1.39. The number of ketones is 1. The molecule has 0 spiro atoms. The molecule has 1 saturated heterocycles. The number of anilines is 1. The number of carbonyl (C=O) groups is 2. The molecule has 4 nitrogen and oxygen atoms in total. The number of benzene rings is 1. The number of aromatic nitrogens is 1. The van der Waals surface area contributed by atoms with Gasteiger partial charge in [0, 0.05) is 10.9 Å². The molecular formula is C14H12N2O2S. The Balaban J connectivity index is 1.89. The van der Waals surface area contributed by atoms with E-state index in [4.69, 9.17) is 0 Å². The fraction of sp³-hybridized carbons (Fsp3) is 0.214. The van der Waals surface area contributed by atoms with Crippen molar-refractivity contribution in [2.75, 3.05) is 11.4 Å². The van der Waals surface area contributed by atoms with Gasteiger partial charge in [0.15, 0.2) is 10.9 Å². The first-order valence-corrected chi connectivity index (χ1v) is 6.86. The van der Waals surface area contributed by atoms with E-state index in [1.54, 1.807) is 0 Å². The Hall–Kier alpha value is -2.01. The average molecular weight is 272 g/mol. The van der Waals surface area contributed by atoms with Crippen LogP contribution in [0.1, 0.15) is 12.0 Å². The van der Waals surface area contributed by atoms with E-state index in [9.17, 15) is 9.59 Å². The van der Waals surface area contributed by atoms with Crippen LogP contribution in [0.5, 0.6) is 0 Å². The van der Waals surface area contributed by atoms with E-state index in [1.807, 2.05) is 36.6 Å². The highest BCUT2D eigenvalue weighted by atomic mass is 32.1. The van der Waals surface area contributed by atoms with Gasteiger partial charge in [0.05, 0.1) is 18.7 Å². The van der Waals surface area contributed by atoms with E-state index in [-0.39, 0.29) is 24.7 Å². The Bertz CT molecular complexity index is 646. The van der Waals surface area contributed by atoms with Gasteiger partial charge < -0.3 is 0 Å². The maximum atomic E-state index is 11.6. The fourth-order valence-corrected chi connectivity index (χ4v) is 2.85. The van der Waals surface area contributed by atoms with Gasteiger partial charge in [-0.1, -0.05) is 29.8 Å². The minimum absolute atomic E-state index is 0.000551. The first-order chi connectivity index (χ1) is 9.13. The molecule has 2 aromatic rings. The van der Waals surface area contributed by atoms with E-state index >= 15 is 0 Å². The zero-order chi connectivity index (χ0) is 13.4. The highest BCUT2D eigenvalue weighted by Gasteiger charge is 2.30. The summed E-state index contributed by atoms with van der Waals surface area (Å²) in [5, 5.41) is 2.52. The predicted molar refractivity (Wildman–Crippen MR) is 74.3 cm³/mol. The molecule has 1 aliphatic heterocycles. The smallest absolute Gasteiger partial charge is 0.236 e. The van der Waals surface area contributed by atoms with Gasteiger partial charge >= 0.3 is 0 Å². The molecule has 1 aromatic heterocycles. The molecule has 96 valence electrons. The van der Waals surface area contributed by atoms with E-state index in [0.717, 1.165) is 11.3 Å². The van der Waals surface area contributed by atoms with Gasteiger partial charge in [-0.05, 0) is 6.92 Å². The molecule has 3 rings (SSSR count). The van der Waals surface area contributed by atoms with Crippen LogP contribution in [0.25, 0.3) is 11.3 Å². The van der Waals surface area contributed by atoms with Gasteiger partial charge in [0.2, 0.25) is 5.91 Å². The third-order valence-corrected chi connectivity index (χ3v) is 3.92. The Labute approximate surface area is 114 Å². The highest BCUT2D eigenvalue weighted by molar-refractivity contribution is 7.14. The van der Waals surface area contributed by atoms with Gasteiger partial charge in [-0.2, -0.15) is 0 Å². The standard InChI is InChI=1S/C14H12N2O2S/c1-9-2-4-10(5-3-9)12-8-19-14(15-12)16-7-11(17)6-13(16)18/h2-5,8H,6-7H2,1H3. The second-order valence-corrected chi connectivity index (χ2v) is 5.41. The largest absolute Gasteiger partial charge is 0.297 e. The van der Waals surface area contributed by atoms with Gasteiger partial charge in [-0.25, -0.2) is 4.98 Å². The van der Waals surface area contributed by atoms with Crippen LogP contribution in [-0.4, -0.2) is 23.2 Å². The zero-order valence-corrected chi connectivity index (χ0v) is 11.2. The molecule has 0 saturated carbocycles. The molecule has 0 N–H and O–H groups in total. The maximum absolute atomic E-state index is 11.6. The summed E-state index contributed by atoms with van der Waals surface area (Å²) in [7, 11) is 0. The van der Waals surface area contributed by atoms with Crippen molar-refractivity contribution >= 4 is 28.2 Å². The Morgan fingerprint density at radius 1 is 1.21 bits per heavy atom. The summed E-state index contributed by atoms with van der Waals surface area (Å²) in [5.41, 5.74) is 3.05. The molecule has 0 bridgehead atoms. The van der Waals surface area contributed by atoms with Crippen LogP contribution in [0.3, 0.4) is 0 Å². The van der Waals surface area contributed by atoms with E-state index in [0.29, 0.717) is 5.13 Å². The normalized spacial score (nSPS) is 15.3. The summed E-state index contributed by atoms with van der Waals surface area (Å²) in [6, 6.07) is 8.06. The quantitative estimate of drug-likeness (QED) is 0.789. The second-order valence-electron chi connectivity index (χ2n) is 4.58. The van der Waals surface area contributed by atoms with Crippen LogP contribution >= 0.6 is 11.3 Å². The van der Waals surface area contributed by atoms with Crippen molar-refractivity contribution in [1.29, 1.82) is 0 Å². The summed E-state index contributed by atoms with van der Waals surface area (Å²) in [5.74, 6) is -0.202.